The van der Waals surface area contributed by atoms with E-state index in [0.29, 0.717) is 21.4 Å². The van der Waals surface area contributed by atoms with Gasteiger partial charge in [0.2, 0.25) is 0 Å². The molecule has 0 radical (unpaired) electrons. The van der Waals surface area contributed by atoms with E-state index in [1.807, 2.05) is 11.8 Å². The van der Waals surface area contributed by atoms with Gasteiger partial charge >= 0.3 is 0 Å². The number of hydrogen-bond acceptors (Lipinski definition) is 3. The van der Waals surface area contributed by atoms with Crippen molar-refractivity contribution in [3.05, 3.63) is 23.2 Å². The van der Waals surface area contributed by atoms with E-state index >= 15 is 0 Å². The Morgan fingerprint density at radius 3 is 2.88 bits per heavy atom. The number of rotatable bonds is 6. The molecular weight excluding hydrogens is 262 g/mol. The van der Waals surface area contributed by atoms with Crippen LogP contribution in [0.4, 0.5) is 5.69 Å². The van der Waals surface area contributed by atoms with Crippen molar-refractivity contribution in [2.75, 3.05) is 23.0 Å². The molecule has 0 aliphatic rings. The average molecular weight is 278 g/mol. The van der Waals surface area contributed by atoms with E-state index in [0.717, 1.165) is 17.9 Å². The molecule has 0 aromatic heterocycles. The molecule has 0 amide bonds. The van der Waals surface area contributed by atoms with Gasteiger partial charge in [-0.05, 0) is 36.1 Å². The highest BCUT2D eigenvalue weighted by Gasteiger charge is 2.07. The molecule has 0 saturated carbocycles. The molecule has 0 aliphatic heterocycles. The molecule has 1 aromatic rings. The van der Waals surface area contributed by atoms with E-state index in [1.165, 1.54) is 0 Å². The topological polar surface area (TPSA) is 43.1 Å². The number of anilines is 1. The second-order valence-corrected chi connectivity index (χ2v) is 6.65. The smallest absolute Gasteiger partial charge is 0.0618 e. The molecule has 1 unspecified atom stereocenters. The molecule has 90 valence electrons. The molecule has 0 bridgehead atoms. The van der Waals surface area contributed by atoms with Crippen LogP contribution in [0.2, 0.25) is 5.02 Å². The van der Waals surface area contributed by atoms with E-state index in [2.05, 4.69) is 6.92 Å². The number of nitrogen functional groups attached to an aromatic ring is 1. The van der Waals surface area contributed by atoms with Crippen LogP contribution in [0.1, 0.15) is 13.3 Å². The molecule has 16 heavy (non-hydrogen) atoms. The minimum atomic E-state index is -1.00. The summed E-state index contributed by atoms with van der Waals surface area (Å²) in [4.78, 5) is 0.700. The van der Waals surface area contributed by atoms with E-state index in [-0.39, 0.29) is 0 Å². The van der Waals surface area contributed by atoms with Gasteiger partial charge in [-0.1, -0.05) is 18.5 Å². The summed E-state index contributed by atoms with van der Waals surface area (Å²) < 4.78 is 11.9. The minimum Gasteiger partial charge on any atom is -0.398 e. The van der Waals surface area contributed by atoms with Crippen LogP contribution in [-0.4, -0.2) is 21.5 Å². The Bertz CT molecular complexity index is 371. The van der Waals surface area contributed by atoms with E-state index in [9.17, 15) is 4.21 Å². The molecular formula is C11H16ClNOS2. The summed E-state index contributed by atoms with van der Waals surface area (Å²) in [6.07, 6.45) is 0.952. The van der Waals surface area contributed by atoms with Crippen molar-refractivity contribution >= 4 is 39.8 Å². The third-order valence-electron chi connectivity index (χ3n) is 2.04. The van der Waals surface area contributed by atoms with E-state index in [4.69, 9.17) is 17.3 Å². The lowest BCUT2D eigenvalue weighted by molar-refractivity contribution is 0.682. The Balaban J connectivity index is 2.53. The van der Waals surface area contributed by atoms with Gasteiger partial charge in [-0.3, -0.25) is 4.21 Å². The maximum atomic E-state index is 11.9. The van der Waals surface area contributed by atoms with Crippen LogP contribution in [-0.2, 0) is 10.8 Å². The predicted molar refractivity (Wildman–Crippen MR) is 74.8 cm³/mol. The SMILES string of the molecule is CCSCCCS(=O)c1ccc(Cl)cc1N. The summed E-state index contributed by atoms with van der Waals surface area (Å²) in [6, 6.07) is 5.13. The molecule has 0 aliphatic carbocycles. The molecule has 0 fully saturated rings. The van der Waals surface area contributed by atoms with E-state index in [1.54, 1.807) is 18.2 Å². The molecule has 0 spiro atoms. The number of thioether (sulfide) groups is 1. The van der Waals surface area contributed by atoms with Crippen LogP contribution >= 0.6 is 23.4 Å². The van der Waals surface area contributed by atoms with Crippen LogP contribution in [0.15, 0.2) is 23.1 Å². The summed E-state index contributed by atoms with van der Waals surface area (Å²) in [5, 5.41) is 0.583. The van der Waals surface area contributed by atoms with Crippen LogP contribution in [0.3, 0.4) is 0 Å². The second kappa shape index (κ2) is 7.20. The minimum absolute atomic E-state index is 0.522. The van der Waals surface area contributed by atoms with Gasteiger partial charge in [-0.2, -0.15) is 11.8 Å². The standard InChI is InChI=1S/C11H16ClNOS2/c1-2-15-6-3-7-16(14)11-5-4-9(12)8-10(11)13/h4-5,8H,2-3,6-7,13H2,1H3. The maximum Gasteiger partial charge on any atom is 0.0618 e. The third-order valence-corrected chi connectivity index (χ3v) is 4.78. The maximum absolute atomic E-state index is 11.9. The van der Waals surface area contributed by atoms with Crippen molar-refractivity contribution in [2.24, 2.45) is 0 Å². The molecule has 1 atom stereocenters. The Labute approximate surface area is 108 Å². The van der Waals surface area contributed by atoms with Gasteiger partial charge in [0, 0.05) is 16.5 Å². The van der Waals surface area contributed by atoms with Crippen LogP contribution in [0.5, 0.6) is 0 Å². The molecule has 0 heterocycles. The molecule has 1 aromatic carbocycles. The molecule has 0 saturated heterocycles. The monoisotopic (exact) mass is 277 g/mol. The Kier molecular flexibility index (Phi) is 6.24. The van der Waals surface area contributed by atoms with E-state index < -0.39 is 10.8 Å². The molecule has 5 heteroatoms. The Hall–Kier alpha value is -0.190. The Morgan fingerprint density at radius 1 is 1.50 bits per heavy atom. The summed E-state index contributed by atoms with van der Waals surface area (Å²) in [5.41, 5.74) is 6.29. The number of nitrogens with two attached hydrogens (primary N) is 1. The first-order valence-electron chi connectivity index (χ1n) is 5.16. The number of halogens is 1. The van der Waals surface area contributed by atoms with Gasteiger partial charge in [0.15, 0.2) is 0 Å². The average Bonchev–Trinajstić information content (AvgIpc) is 2.24. The van der Waals surface area contributed by atoms with Gasteiger partial charge in [-0.25, -0.2) is 0 Å². The van der Waals surface area contributed by atoms with Crippen molar-refractivity contribution in [3.63, 3.8) is 0 Å². The first kappa shape index (κ1) is 13.9. The molecule has 2 nitrogen and oxygen atoms in total. The zero-order chi connectivity index (χ0) is 12.0. The van der Waals surface area contributed by atoms with Crippen LogP contribution in [0.25, 0.3) is 0 Å². The van der Waals surface area contributed by atoms with Gasteiger partial charge in [-0.15, -0.1) is 0 Å². The molecule has 1 rings (SSSR count). The first-order chi connectivity index (χ1) is 7.65. The fourth-order valence-electron chi connectivity index (χ4n) is 1.27. The summed E-state index contributed by atoms with van der Waals surface area (Å²) in [5.74, 6) is 2.82. The zero-order valence-corrected chi connectivity index (χ0v) is 11.6. The Morgan fingerprint density at radius 2 is 2.25 bits per heavy atom. The van der Waals surface area contributed by atoms with Crippen molar-refractivity contribution in [1.82, 2.24) is 0 Å². The summed E-state index contributed by atoms with van der Waals surface area (Å²) in [7, 11) is -1.00. The van der Waals surface area contributed by atoms with Crippen molar-refractivity contribution < 1.29 is 4.21 Å². The lowest BCUT2D eigenvalue weighted by Crippen LogP contribution is -2.03. The van der Waals surface area contributed by atoms with Crippen molar-refractivity contribution in [2.45, 2.75) is 18.2 Å². The van der Waals surface area contributed by atoms with Gasteiger partial charge in [0.05, 0.1) is 15.7 Å². The quantitative estimate of drug-likeness (QED) is 0.642. The van der Waals surface area contributed by atoms with Gasteiger partial charge in [0.1, 0.15) is 0 Å². The van der Waals surface area contributed by atoms with Gasteiger partial charge < -0.3 is 5.73 Å². The fraction of sp³-hybridized carbons (Fsp3) is 0.455. The van der Waals surface area contributed by atoms with Crippen LogP contribution < -0.4 is 5.73 Å². The highest BCUT2D eigenvalue weighted by Crippen LogP contribution is 2.21. The first-order valence-corrected chi connectivity index (χ1v) is 8.01. The van der Waals surface area contributed by atoms with Crippen molar-refractivity contribution in [3.8, 4) is 0 Å². The summed E-state index contributed by atoms with van der Waals surface area (Å²) >= 11 is 7.65. The molecule has 2 N–H and O–H groups in total. The third kappa shape index (κ3) is 4.36. The highest BCUT2D eigenvalue weighted by molar-refractivity contribution is 7.99. The predicted octanol–water partition coefficient (Wildman–Crippen LogP) is 3.17. The largest absolute Gasteiger partial charge is 0.398 e. The lowest BCUT2D eigenvalue weighted by atomic mass is 10.3. The van der Waals surface area contributed by atoms with Crippen molar-refractivity contribution in [1.29, 1.82) is 0 Å². The number of benzene rings is 1. The highest BCUT2D eigenvalue weighted by atomic mass is 35.5. The second-order valence-electron chi connectivity index (χ2n) is 3.28. The fourth-order valence-corrected chi connectivity index (χ4v) is 3.44. The van der Waals surface area contributed by atoms with Gasteiger partial charge in [0.25, 0.3) is 0 Å². The van der Waals surface area contributed by atoms with Crippen LogP contribution in [0, 0.1) is 0 Å². The zero-order valence-electron chi connectivity index (χ0n) is 9.24. The summed E-state index contributed by atoms with van der Waals surface area (Å²) in [6.45, 7) is 2.12. The normalized spacial score (nSPS) is 12.6. The lowest BCUT2D eigenvalue weighted by Gasteiger charge is -2.05. The number of hydrogen-bond donors (Lipinski definition) is 1.